The molecule has 1 fully saturated rings. The van der Waals surface area contributed by atoms with Gasteiger partial charge in [0.25, 0.3) is 0 Å². The highest BCUT2D eigenvalue weighted by Crippen LogP contribution is 2.29. The lowest BCUT2D eigenvalue weighted by Gasteiger charge is -2.22. The maximum absolute atomic E-state index is 12.2. The van der Waals surface area contributed by atoms with Crippen LogP contribution in [0, 0.1) is 5.92 Å². The number of nitrogens with two attached hydrogens (primary N) is 1. The summed E-state index contributed by atoms with van der Waals surface area (Å²) in [5.41, 5.74) is 9.24. The number of carbonyl (C=O) groups excluding carboxylic acids is 1. The van der Waals surface area contributed by atoms with Gasteiger partial charge in [0.1, 0.15) is 5.78 Å². The summed E-state index contributed by atoms with van der Waals surface area (Å²) in [7, 11) is 0. The first-order chi connectivity index (χ1) is 10.4. The van der Waals surface area contributed by atoms with E-state index in [0.29, 0.717) is 12.2 Å². The van der Waals surface area contributed by atoms with Gasteiger partial charge in [0.2, 0.25) is 0 Å². The molecule has 0 saturated heterocycles. The summed E-state index contributed by atoms with van der Waals surface area (Å²) in [5.74, 6) is 1.14. The summed E-state index contributed by atoms with van der Waals surface area (Å²) < 4.78 is 0. The summed E-state index contributed by atoms with van der Waals surface area (Å²) in [6.07, 6.45) is 9.06. The molecule has 22 heavy (non-hydrogen) atoms. The third-order valence-corrected chi connectivity index (χ3v) is 4.88. The molecule has 2 heteroatoms. The number of ketones is 1. The quantitative estimate of drug-likeness (QED) is 0.774. The van der Waals surface area contributed by atoms with Crippen LogP contribution in [0.25, 0.3) is 0 Å². The van der Waals surface area contributed by atoms with Crippen LogP contribution in [0.4, 0.5) is 5.69 Å². The minimum absolute atomic E-state index is 0.0492. The summed E-state index contributed by atoms with van der Waals surface area (Å²) in [6, 6.07) is 6.13. The summed E-state index contributed by atoms with van der Waals surface area (Å²) >= 11 is 0. The third-order valence-electron chi connectivity index (χ3n) is 4.88. The lowest BCUT2D eigenvalue weighted by molar-refractivity contribution is -0.118. The van der Waals surface area contributed by atoms with E-state index in [0.717, 1.165) is 35.6 Å². The largest absolute Gasteiger partial charge is 0.398 e. The SMILES string of the molecule is CC(C)(C)c1ccc(CC(=O)CCC2CCCCC2)cc1N. The Morgan fingerprint density at radius 1 is 1.18 bits per heavy atom. The van der Waals surface area contributed by atoms with Crippen molar-refractivity contribution in [3.63, 3.8) is 0 Å². The molecule has 0 atom stereocenters. The van der Waals surface area contributed by atoms with Gasteiger partial charge in [-0.2, -0.15) is 0 Å². The molecule has 0 aromatic heterocycles. The van der Waals surface area contributed by atoms with Crippen LogP contribution in [0.5, 0.6) is 0 Å². The maximum atomic E-state index is 12.2. The highest BCUT2D eigenvalue weighted by Gasteiger charge is 2.18. The van der Waals surface area contributed by atoms with Crippen LogP contribution in [-0.2, 0) is 16.6 Å². The number of anilines is 1. The zero-order chi connectivity index (χ0) is 16.2. The number of Topliss-reactive ketones (excluding diaryl/α,β-unsaturated/α-hetero) is 1. The molecule has 0 spiro atoms. The molecule has 0 heterocycles. The van der Waals surface area contributed by atoms with E-state index >= 15 is 0 Å². The molecular formula is C20H31NO. The molecule has 0 bridgehead atoms. The lowest BCUT2D eigenvalue weighted by atomic mass is 9.84. The molecule has 0 radical (unpaired) electrons. The molecule has 1 aromatic rings. The molecule has 2 rings (SSSR count). The third kappa shape index (κ3) is 4.86. The van der Waals surface area contributed by atoms with Gasteiger partial charge in [-0.25, -0.2) is 0 Å². The van der Waals surface area contributed by atoms with Crippen molar-refractivity contribution in [2.24, 2.45) is 5.92 Å². The summed E-state index contributed by atoms with van der Waals surface area (Å²) in [4.78, 5) is 12.2. The smallest absolute Gasteiger partial charge is 0.137 e. The zero-order valence-corrected chi connectivity index (χ0v) is 14.5. The van der Waals surface area contributed by atoms with Crippen molar-refractivity contribution in [2.75, 3.05) is 5.73 Å². The van der Waals surface area contributed by atoms with Gasteiger partial charge in [-0.05, 0) is 34.9 Å². The normalized spacial score (nSPS) is 16.7. The second kappa shape index (κ2) is 7.30. The van der Waals surface area contributed by atoms with Gasteiger partial charge in [0.15, 0.2) is 0 Å². The molecule has 2 nitrogen and oxygen atoms in total. The van der Waals surface area contributed by atoms with Crippen LogP contribution in [-0.4, -0.2) is 5.78 Å². The predicted molar refractivity (Wildman–Crippen MR) is 94.1 cm³/mol. The lowest BCUT2D eigenvalue weighted by Crippen LogP contribution is -2.14. The zero-order valence-electron chi connectivity index (χ0n) is 14.5. The van der Waals surface area contributed by atoms with E-state index in [9.17, 15) is 4.79 Å². The average molecular weight is 301 g/mol. The van der Waals surface area contributed by atoms with Crippen LogP contribution in [0.15, 0.2) is 18.2 Å². The number of hydrogen-bond donors (Lipinski definition) is 1. The molecular weight excluding hydrogens is 270 g/mol. The topological polar surface area (TPSA) is 43.1 Å². The number of benzene rings is 1. The van der Waals surface area contributed by atoms with Crippen LogP contribution in [0.1, 0.15) is 76.8 Å². The molecule has 0 unspecified atom stereocenters. The number of carbonyl (C=O) groups is 1. The van der Waals surface area contributed by atoms with Gasteiger partial charge < -0.3 is 5.73 Å². The van der Waals surface area contributed by atoms with Gasteiger partial charge in [0, 0.05) is 18.5 Å². The molecule has 122 valence electrons. The fourth-order valence-electron chi connectivity index (χ4n) is 3.56. The van der Waals surface area contributed by atoms with Crippen LogP contribution in [0.2, 0.25) is 0 Å². The number of hydrogen-bond acceptors (Lipinski definition) is 2. The molecule has 0 amide bonds. The Balaban J connectivity index is 1.87. The molecule has 1 aliphatic carbocycles. The molecule has 1 saturated carbocycles. The average Bonchev–Trinajstić information content (AvgIpc) is 2.45. The predicted octanol–water partition coefficient (Wildman–Crippen LogP) is 5.04. The van der Waals surface area contributed by atoms with Gasteiger partial charge >= 0.3 is 0 Å². The number of rotatable bonds is 5. The highest BCUT2D eigenvalue weighted by molar-refractivity contribution is 5.81. The van der Waals surface area contributed by atoms with Crippen molar-refractivity contribution in [1.82, 2.24) is 0 Å². The van der Waals surface area contributed by atoms with Gasteiger partial charge in [0.05, 0.1) is 0 Å². The Bertz CT molecular complexity index is 507. The Hall–Kier alpha value is -1.31. The molecule has 2 N–H and O–H groups in total. The minimum Gasteiger partial charge on any atom is -0.398 e. The number of nitrogen functional groups attached to an aromatic ring is 1. The van der Waals surface area contributed by atoms with Crippen molar-refractivity contribution in [3.05, 3.63) is 29.3 Å². The monoisotopic (exact) mass is 301 g/mol. The van der Waals surface area contributed by atoms with Crippen molar-refractivity contribution in [3.8, 4) is 0 Å². The van der Waals surface area contributed by atoms with Crippen molar-refractivity contribution in [1.29, 1.82) is 0 Å². The highest BCUT2D eigenvalue weighted by atomic mass is 16.1. The Morgan fingerprint density at radius 3 is 2.45 bits per heavy atom. The Labute approximate surface area is 135 Å². The standard InChI is InChI=1S/C20H31NO/c1-20(2,3)18-12-10-16(14-19(18)21)13-17(22)11-9-15-7-5-4-6-8-15/h10,12,14-15H,4-9,11,13,21H2,1-3H3. The van der Waals surface area contributed by atoms with E-state index in [-0.39, 0.29) is 5.41 Å². The van der Waals surface area contributed by atoms with Crippen LogP contribution in [0.3, 0.4) is 0 Å². The molecule has 1 aliphatic rings. The first-order valence-electron chi connectivity index (χ1n) is 8.77. The maximum Gasteiger partial charge on any atom is 0.137 e. The van der Waals surface area contributed by atoms with Crippen molar-refractivity contribution >= 4 is 11.5 Å². The molecule has 0 aliphatic heterocycles. The van der Waals surface area contributed by atoms with E-state index in [2.05, 4.69) is 32.9 Å². The second-order valence-electron chi connectivity index (χ2n) is 7.93. The van der Waals surface area contributed by atoms with Crippen molar-refractivity contribution < 1.29 is 4.79 Å². The Kier molecular flexibility index (Phi) is 5.66. The van der Waals surface area contributed by atoms with Gasteiger partial charge in [-0.15, -0.1) is 0 Å². The van der Waals surface area contributed by atoms with E-state index < -0.39 is 0 Å². The fourth-order valence-corrected chi connectivity index (χ4v) is 3.56. The molecule has 1 aromatic carbocycles. The summed E-state index contributed by atoms with van der Waals surface area (Å²) in [6.45, 7) is 6.48. The van der Waals surface area contributed by atoms with Gasteiger partial charge in [-0.3, -0.25) is 4.79 Å². The second-order valence-corrected chi connectivity index (χ2v) is 7.93. The van der Waals surface area contributed by atoms with Crippen LogP contribution < -0.4 is 5.73 Å². The van der Waals surface area contributed by atoms with E-state index in [1.54, 1.807) is 0 Å². The fraction of sp³-hybridized carbons (Fsp3) is 0.650. The first kappa shape index (κ1) is 17.1. The van der Waals surface area contributed by atoms with E-state index in [4.69, 9.17) is 5.73 Å². The van der Waals surface area contributed by atoms with Crippen LogP contribution >= 0.6 is 0 Å². The van der Waals surface area contributed by atoms with Gasteiger partial charge in [-0.1, -0.05) is 65.0 Å². The summed E-state index contributed by atoms with van der Waals surface area (Å²) in [5, 5.41) is 0. The van der Waals surface area contributed by atoms with Crippen molar-refractivity contribution in [2.45, 2.75) is 77.6 Å². The van der Waals surface area contributed by atoms with E-state index in [1.807, 2.05) is 6.07 Å². The Morgan fingerprint density at radius 2 is 1.86 bits per heavy atom. The first-order valence-corrected chi connectivity index (χ1v) is 8.77. The van der Waals surface area contributed by atoms with E-state index in [1.165, 1.54) is 32.1 Å². The minimum atomic E-state index is 0.0492.